The summed E-state index contributed by atoms with van der Waals surface area (Å²) in [5, 5.41) is 2.90. The van der Waals surface area contributed by atoms with Gasteiger partial charge in [-0.1, -0.05) is 17.7 Å². The molecule has 0 atom stereocenters. The number of carbonyl (C=O) groups excluding carboxylic acids is 1. The molecule has 0 saturated heterocycles. The van der Waals surface area contributed by atoms with Crippen LogP contribution in [0.1, 0.15) is 15.9 Å². The first kappa shape index (κ1) is 19.9. The van der Waals surface area contributed by atoms with E-state index in [1.807, 2.05) is 6.07 Å². The number of methoxy groups -OCH3 is 2. The standard InChI is InChI=1S/C17H19ClN2O5S/c1-24-15-7-4-11(8-16(15)25-2)10-19-17(21)13-6-5-12(9-14(13)18)20-26(3,22)23/h4-9,20H,10H2,1-3H3,(H,19,21). The fourth-order valence-corrected chi connectivity index (χ4v) is 3.07. The van der Waals surface area contributed by atoms with Gasteiger partial charge in [0.25, 0.3) is 5.91 Å². The Hall–Kier alpha value is -2.45. The minimum Gasteiger partial charge on any atom is -0.493 e. The number of ether oxygens (including phenoxy) is 2. The molecule has 26 heavy (non-hydrogen) atoms. The van der Waals surface area contributed by atoms with E-state index < -0.39 is 10.0 Å². The summed E-state index contributed by atoms with van der Waals surface area (Å²) in [6, 6.07) is 9.63. The minimum atomic E-state index is -3.42. The molecule has 7 nitrogen and oxygen atoms in total. The Bertz CT molecular complexity index is 915. The zero-order chi connectivity index (χ0) is 19.3. The highest BCUT2D eigenvalue weighted by atomic mass is 35.5. The number of sulfonamides is 1. The molecule has 140 valence electrons. The topological polar surface area (TPSA) is 93.7 Å². The van der Waals surface area contributed by atoms with Gasteiger partial charge in [0.1, 0.15) is 0 Å². The van der Waals surface area contributed by atoms with Gasteiger partial charge in [0.2, 0.25) is 10.0 Å². The van der Waals surface area contributed by atoms with Crippen molar-refractivity contribution in [3.63, 3.8) is 0 Å². The Morgan fingerprint density at radius 2 is 1.77 bits per heavy atom. The van der Waals surface area contributed by atoms with E-state index in [0.29, 0.717) is 11.5 Å². The lowest BCUT2D eigenvalue weighted by Gasteiger charge is -2.11. The van der Waals surface area contributed by atoms with Gasteiger partial charge in [-0.2, -0.15) is 0 Å². The van der Waals surface area contributed by atoms with Crippen molar-refractivity contribution in [3.8, 4) is 11.5 Å². The third-order valence-electron chi connectivity index (χ3n) is 3.42. The Labute approximate surface area is 157 Å². The molecule has 2 rings (SSSR count). The van der Waals surface area contributed by atoms with Gasteiger partial charge in [-0.05, 0) is 35.9 Å². The van der Waals surface area contributed by atoms with Crippen LogP contribution in [-0.2, 0) is 16.6 Å². The van der Waals surface area contributed by atoms with Crippen LogP contribution in [0.5, 0.6) is 11.5 Å². The predicted octanol–water partition coefficient (Wildman–Crippen LogP) is 2.66. The lowest BCUT2D eigenvalue weighted by atomic mass is 10.1. The van der Waals surface area contributed by atoms with Gasteiger partial charge in [-0.3, -0.25) is 9.52 Å². The summed E-state index contributed by atoms with van der Waals surface area (Å²) in [5.41, 5.74) is 1.35. The van der Waals surface area contributed by atoms with Crippen LogP contribution in [0.15, 0.2) is 36.4 Å². The fourth-order valence-electron chi connectivity index (χ4n) is 2.24. The van der Waals surface area contributed by atoms with Crippen LogP contribution in [0.3, 0.4) is 0 Å². The van der Waals surface area contributed by atoms with Crippen LogP contribution in [0.2, 0.25) is 5.02 Å². The van der Waals surface area contributed by atoms with Gasteiger partial charge in [-0.25, -0.2) is 8.42 Å². The van der Waals surface area contributed by atoms with Gasteiger partial charge >= 0.3 is 0 Å². The monoisotopic (exact) mass is 398 g/mol. The highest BCUT2D eigenvalue weighted by Gasteiger charge is 2.13. The summed E-state index contributed by atoms with van der Waals surface area (Å²) in [6.45, 7) is 0.263. The summed E-state index contributed by atoms with van der Waals surface area (Å²) in [6.07, 6.45) is 1.03. The summed E-state index contributed by atoms with van der Waals surface area (Å²) in [4.78, 5) is 12.3. The van der Waals surface area contributed by atoms with Crippen molar-refractivity contribution in [2.75, 3.05) is 25.2 Å². The van der Waals surface area contributed by atoms with Crippen molar-refractivity contribution >= 4 is 33.2 Å². The number of rotatable bonds is 7. The molecule has 0 aliphatic carbocycles. The molecule has 0 radical (unpaired) electrons. The van der Waals surface area contributed by atoms with E-state index in [0.717, 1.165) is 11.8 Å². The van der Waals surface area contributed by atoms with Crippen molar-refractivity contribution in [3.05, 3.63) is 52.5 Å². The van der Waals surface area contributed by atoms with Gasteiger partial charge in [0, 0.05) is 12.2 Å². The Balaban J connectivity index is 2.08. The normalized spacial score (nSPS) is 10.9. The maximum atomic E-state index is 12.3. The number of benzene rings is 2. The molecular weight excluding hydrogens is 380 g/mol. The first-order valence-corrected chi connectivity index (χ1v) is 9.77. The Morgan fingerprint density at radius 3 is 2.35 bits per heavy atom. The lowest BCUT2D eigenvalue weighted by molar-refractivity contribution is 0.0951. The molecule has 0 spiro atoms. The number of hydrogen-bond donors (Lipinski definition) is 2. The van der Waals surface area contributed by atoms with E-state index in [9.17, 15) is 13.2 Å². The van der Waals surface area contributed by atoms with Crippen molar-refractivity contribution in [2.45, 2.75) is 6.54 Å². The summed E-state index contributed by atoms with van der Waals surface area (Å²) in [5.74, 6) is 0.781. The van der Waals surface area contributed by atoms with E-state index >= 15 is 0 Å². The fraction of sp³-hybridized carbons (Fsp3) is 0.235. The Morgan fingerprint density at radius 1 is 1.08 bits per heavy atom. The average Bonchev–Trinajstić information content (AvgIpc) is 2.58. The molecule has 2 aromatic carbocycles. The van der Waals surface area contributed by atoms with Crippen molar-refractivity contribution in [1.29, 1.82) is 0 Å². The van der Waals surface area contributed by atoms with Crippen LogP contribution >= 0.6 is 11.6 Å². The van der Waals surface area contributed by atoms with E-state index in [2.05, 4.69) is 10.0 Å². The van der Waals surface area contributed by atoms with Crippen LogP contribution in [0.25, 0.3) is 0 Å². The zero-order valence-electron chi connectivity index (χ0n) is 14.5. The van der Waals surface area contributed by atoms with E-state index in [1.165, 1.54) is 25.3 Å². The second kappa shape index (κ2) is 8.29. The van der Waals surface area contributed by atoms with Crippen LogP contribution in [0.4, 0.5) is 5.69 Å². The average molecular weight is 399 g/mol. The van der Waals surface area contributed by atoms with E-state index in [-0.39, 0.29) is 28.7 Å². The largest absolute Gasteiger partial charge is 0.493 e. The highest BCUT2D eigenvalue weighted by Crippen LogP contribution is 2.27. The second-order valence-electron chi connectivity index (χ2n) is 5.44. The minimum absolute atomic E-state index is 0.142. The summed E-state index contributed by atoms with van der Waals surface area (Å²) < 4.78 is 35.2. The number of nitrogens with one attached hydrogen (secondary N) is 2. The second-order valence-corrected chi connectivity index (χ2v) is 7.60. The maximum absolute atomic E-state index is 12.3. The quantitative estimate of drug-likeness (QED) is 0.747. The summed E-state index contributed by atoms with van der Waals surface area (Å²) in [7, 11) is -0.338. The van der Waals surface area contributed by atoms with Gasteiger partial charge in [-0.15, -0.1) is 0 Å². The van der Waals surface area contributed by atoms with Gasteiger partial charge in [0.05, 0.1) is 31.1 Å². The molecule has 0 unspecified atom stereocenters. The molecular formula is C17H19ClN2O5S. The molecule has 1 amide bonds. The first-order valence-electron chi connectivity index (χ1n) is 7.50. The molecule has 2 N–H and O–H groups in total. The van der Waals surface area contributed by atoms with E-state index in [4.69, 9.17) is 21.1 Å². The maximum Gasteiger partial charge on any atom is 0.253 e. The summed E-state index contributed by atoms with van der Waals surface area (Å²) >= 11 is 6.09. The molecule has 9 heteroatoms. The number of halogens is 1. The third kappa shape index (κ3) is 5.27. The lowest BCUT2D eigenvalue weighted by Crippen LogP contribution is -2.23. The van der Waals surface area contributed by atoms with Crippen LogP contribution in [-0.4, -0.2) is 34.8 Å². The number of amides is 1. The smallest absolute Gasteiger partial charge is 0.253 e. The first-order chi connectivity index (χ1) is 12.2. The van der Waals surface area contributed by atoms with E-state index in [1.54, 1.807) is 19.2 Å². The number of hydrogen-bond acceptors (Lipinski definition) is 5. The molecule has 0 aromatic heterocycles. The van der Waals surface area contributed by atoms with Crippen LogP contribution in [0, 0.1) is 0 Å². The molecule has 0 heterocycles. The zero-order valence-corrected chi connectivity index (χ0v) is 16.1. The Kier molecular flexibility index (Phi) is 6.33. The van der Waals surface area contributed by atoms with Gasteiger partial charge < -0.3 is 14.8 Å². The van der Waals surface area contributed by atoms with Gasteiger partial charge in [0.15, 0.2) is 11.5 Å². The molecule has 2 aromatic rings. The molecule has 0 saturated carbocycles. The third-order valence-corrected chi connectivity index (χ3v) is 4.34. The molecule has 0 aliphatic heterocycles. The molecule has 0 bridgehead atoms. The van der Waals surface area contributed by atoms with Crippen molar-refractivity contribution < 1.29 is 22.7 Å². The predicted molar refractivity (Wildman–Crippen MR) is 101 cm³/mol. The van der Waals surface area contributed by atoms with Crippen molar-refractivity contribution in [1.82, 2.24) is 5.32 Å². The highest BCUT2D eigenvalue weighted by molar-refractivity contribution is 7.92. The molecule has 0 fully saturated rings. The number of anilines is 1. The van der Waals surface area contributed by atoms with Crippen molar-refractivity contribution in [2.24, 2.45) is 0 Å². The molecule has 0 aliphatic rings. The SMILES string of the molecule is COc1ccc(CNC(=O)c2ccc(NS(C)(=O)=O)cc2Cl)cc1OC. The van der Waals surface area contributed by atoms with Crippen LogP contribution < -0.4 is 19.5 Å². The number of carbonyl (C=O) groups is 1.